The fraction of sp³-hybridized carbons (Fsp3) is 0.353. The number of amides is 2. The van der Waals surface area contributed by atoms with Crippen LogP contribution >= 0.6 is 11.3 Å². The van der Waals surface area contributed by atoms with Crippen LogP contribution in [0, 0.1) is 0 Å². The lowest BCUT2D eigenvalue weighted by atomic mass is 10.2. The molecule has 7 nitrogen and oxygen atoms in total. The van der Waals surface area contributed by atoms with E-state index in [0.29, 0.717) is 36.6 Å². The summed E-state index contributed by atoms with van der Waals surface area (Å²) in [5, 5.41) is 8.17. The maximum Gasteiger partial charge on any atom is 0.275 e. The second-order valence-electron chi connectivity index (χ2n) is 5.69. The minimum Gasteiger partial charge on any atom is -0.368 e. The predicted molar refractivity (Wildman–Crippen MR) is 96.9 cm³/mol. The zero-order valence-corrected chi connectivity index (χ0v) is 14.5. The maximum atomic E-state index is 12.2. The molecule has 25 heavy (non-hydrogen) atoms. The van der Waals surface area contributed by atoms with E-state index in [4.69, 9.17) is 10.5 Å². The number of aromatic nitrogens is 1. The van der Waals surface area contributed by atoms with Gasteiger partial charge in [0.25, 0.3) is 11.8 Å². The number of nitrogens with zero attached hydrogens (tertiary/aromatic N) is 1. The minimum atomic E-state index is -0.369. The molecule has 1 atom stereocenters. The number of carbonyl (C=O) groups is 2. The molecule has 4 N–H and O–H groups in total. The Morgan fingerprint density at radius 1 is 1.24 bits per heavy atom. The number of hydrogen-bond donors (Lipinski definition) is 3. The summed E-state index contributed by atoms with van der Waals surface area (Å²) in [6, 6.07) is 6.94. The Balaban J connectivity index is 1.56. The molecule has 132 valence electrons. The second-order valence-corrected chi connectivity index (χ2v) is 6.63. The molecule has 2 amide bonds. The Kier molecular flexibility index (Phi) is 5.75. The number of hydrogen-bond acceptors (Lipinski definition) is 6. The van der Waals surface area contributed by atoms with Crippen molar-refractivity contribution in [2.24, 2.45) is 5.73 Å². The smallest absolute Gasteiger partial charge is 0.275 e. The fourth-order valence-electron chi connectivity index (χ4n) is 2.49. The van der Waals surface area contributed by atoms with Crippen molar-refractivity contribution >= 4 is 34.5 Å². The number of carbonyl (C=O) groups excluding carboxylic acids is 2. The first kappa shape index (κ1) is 17.5. The van der Waals surface area contributed by atoms with E-state index in [1.54, 1.807) is 29.6 Å². The van der Waals surface area contributed by atoms with E-state index in [9.17, 15) is 9.59 Å². The van der Waals surface area contributed by atoms with E-state index < -0.39 is 0 Å². The lowest BCUT2D eigenvalue weighted by molar-refractivity contribution is -0.124. The summed E-state index contributed by atoms with van der Waals surface area (Å²) in [6.45, 7) is 1.14. The Hall–Kier alpha value is -2.29. The van der Waals surface area contributed by atoms with Crippen LogP contribution in [0.25, 0.3) is 0 Å². The molecule has 1 fully saturated rings. The highest BCUT2D eigenvalue weighted by Crippen LogP contribution is 2.18. The molecule has 2 aromatic rings. The Labute approximate surface area is 149 Å². The molecule has 8 heteroatoms. The summed E-state index contributed by atoms with van der Waals surface area (Å²) in [4.78, 5) is 28.4. The third-order valence-corrected chi connectivity index (χ3v) is 4.68. The topological polar surface area (TPSA) is 106 Å². The van der Waals surface area contributed by atoms with Crippen LogP contribution < -0.4 is 16.4 Å². The quantitative estimate of drug-likeness (QED) is 0.731. The summed E-state index contributed by atoms with van der Waals surface area (Å²) in [6.07, 6.45) is 1.95. The van der Waals surface area contributed by atoms with Crippen LogP contribution in [0.3, 0.4) is 0 Å². The van der Waals surface area contributed by atoms with Gasteiger partial charge in [0.1, 0.15) is 11.8 Å². The van der Waals surface area contributed by atoms with Gasteiger partial charge >= 0.3 is 0 Å². The summed E-state index contributed by atoms with van der Waals surface area (Å²) >= 11 is 1.42. The van der Waals surface area contributed by atoms with Crippen LogP contribution in [0.4, 0.5) is 11.4 Å². The molecule has 0 spiro atoms. The van der Waals surface area contributed by atoms with Crippen LogP contribution in [-0.2, 0) is 16.0 Å². The molecule has 3 rings (SSSR count). The first-order valence-corrected chi connectivity index (χ1v) is 9.02. The number of benzene rings is 1. The first-order valence-electron chi connectivity index (χ1n) is 8.14. The van der Waals surface area contributed by atoms with Gasteiger partial charge in [0, 0.05) is 29.8 Å². The van der Waals surface area contributed by atoms with E-state index in [0.717, 1.165) is 17.8 Å². The van der Waals surface area contributed by atoms with Crippen molar-refractivity contribution in [2.75, 3.05) is 23.8 Å². The van der Waals surface area contributed by atoms with Crippen molar-refractivity contribution in [1.29, 1.82) is 0 Å². The average molecular weight is 360 g/mol. The largest absolute Gasteiger partial charge is 0.368 e. The fourth-order valence-corrected chi connectivity index (χ4v) is 3.29. The highest BCUT2D eigenvalue weighted by Gasteiger charge is 2.23. The zero-order chi connectivity index (χ0) is 17.6. The summed E-state index contributed by atoms with van der Waals surface area (Å²) < 4.78 is 5.35. The predicted octanol–water partition coefficient (Wildman–Crippen LogP) is 2.01. The van der Waals surface area contributed by atoms with Crippen molar-refractivity contribution in [1.82, 2.24) is 4.98 Å². The molecular weight excluding hydrogens is 340 g/mol. The standard InChI is InChI=1S/C17H20N4O3S/c18-8-7-15-21-13(10-25-15)16(22)19-11-3-5-12(6-4-11)20-17(23)14-2-1-9-24-14/h3-6,10,14H,1-2,7-9,18H2,(H,19,22)(H,20,23). The second kappa shape index (κ2) is 8.19. The van der Waals surface area contributed by atoms with E-state index in [-0.39, 0.29) is 17.9 Å². The van der Waals surface area contributed by atoms with Crippen LogP contribution in [0.1, 0.15) is 28.3 Å². The number of ether oxygens (including phenoxy) is 1. The highest BCUT2D eigenvalue weighted by atomic mass is 32.1. The summed E-state index contributed by atoms with van der Waals surface area (Å²) in [5.41, 5.74) is 7.16. The van der Waals surface area contributed by atoms with Gasteiger partial charge in [-0.25, -0.2) is 4.98 Å². The van der Waals surface area contributed by atoms with Crippen LogP contribution in [-0.4, -0.2) is 36.1 Å². The molecule has 1 unspecified atom stereocenters. The summed E-state index contributed by atoms with van der Waals surface area (Å²) in [7, 11) is 0. The van der Waals surface area contributed by atoms with Gasteiger partial charge in [-0.1, -0.05) is 0 Å². The molecule has 0 radical (unpaired) electrons. The normalized spacial score (nSPS) is 16.6. The van der Waals surface area contributed by atoms with Crippen molar-refractivity contribution < 1.29 is 14.3 Å². The van der Waals surface area contributed by atoms with Crippen molar-refractivity contribution in [3.05, 3.63) is 40.3 Å². The summed E-state index contributed by atoms with van der Waals surface area (Å²) in [5.74, 6) is -0.403. The maximum absolute atomic E-state index is 12.2. The number of nitrogens with two attached hydrogens (primary N) is 1. The van der Waals surface area contributed by atoms with Gasteiger partial charge in [-0.3, -0.25) is 9.59 Å². The van der Waals surface area contributed by atoms with Crippen molar-refractivity contribution in [2.45, 2.75) is 25.4 Å². The van der Waals surface area contributed by atoms with Gasteiger partial charge in [0.2, 0.25) is 0 Å². The molecule has 1 aliphatic rings. The number of rotatable bonds is 6. The number of anilines is 2. The van der Waals surface area contributed by atoms with E-state index in [1.165, 1.54) is 11.3 Å². The van der Waals surface area contributed by atoms with Gasteiger partial charge in [0.15, 0.2) is 0 Å². The van der Waals surface area contributed by atoms with Gasteiger partial charge in [-0.2, -0.15) is 0 Å². The lowest BCUT2D eigenvalue weighted by Gasteiger charge is -2.11. The number of thiazole rings is 1. The Morgan fingerprint density at radius 2 is 1.96 bits per heavy atom. The molecule has 0 saturated carbocycles. The Morgan fingerprint density at radius 3 is 2.60 bits per heavy atom. The van der Waals surface area contributed by atoms with E-state index in [1.807, 2.05) is 0 Å². The Bertz CT molecular complexity index is 739. The van der Waals surface area contributed by atoms with Crippen LogP contribution in [0.2, 0.25) is 0 Å². The lowest BCUT2D eigenvalue weighted by Crippen LogP contribution is -2.26. The molecule has 0 aliphatic carbocycles. The van der Waals surface area contributed by atoms with Crippen LogP contribution in [0.5, 0.6) is 0 Å². The van der Waals surface area contributed by atoms with E-state index >= 15 is 0 Å². The van der Waals surface area contributed by atoms with Crippen molar-refractivity contribution in [3.8, 4) is 0 Å². The monoisotopic (exact) mass is 360 g/mol. The molecular formula is C17H20N4O3S. The molecule has 1 aromatic carbocycles. The molecule has 2 heterocycles. The SMILES string of the molecule is NCCc1nc(C(=O)Nc2ccc(NC(=O)C3CCCO3)cc2)cs1. The minimum absolute atomic E-state index is 0.135. The van der Waals surface area contributed by atoms with Gasteiger partial charge < -0.3 is 21.1 Å². The molecule has 1 aromatic heterocycles. The van der Waals surface area contributed by atoms with Crippen molar-refractivity contribution in [3.63, 3.8) is 0 Å². The zero-order valence-electron chi connectivity index (χ0n) is 13.7. The van der Waals surface area contributed by atoms with E-state index in [2.05, 4.69) is 15.6 Å². The van der Waals surface area contributed by atoms with Gasteiger partial charge in [-0.05, 0) is 43.7 Å². The highest BCUT2D eigenvalue weighted by molar-refractivity contribution is 7.09. The molecule has 0 bridgehead atoms. The first-order chi connectivity index (χ1) is 12.2. The molecule has 1 aliphatic heterocycles. The number of nitrogens with one attached hydrogen (secondary N) is 2. The third kappa shape index (κ3) is 4.62. The van der Waals surface area contributed by atoms with Gasteiger partial charge in [-0.15, -0.1) is 11.3 Å². The molecule has 1 saturated heterocycles. The van der Waals surface area contributed by atoms with Crippen LogP contribution in [0.15, 0.2) is 29.6 Å². The average Bonchev–Trinajstić information content (AvgIpc) is 3.28. The third-order valence-electron chi connectivity index (χ3n) is 3.78. The van der Waals surface area contributed by atoms with Gasteiger partial charge in [0.05, 0.1) is 5.01 Å².